The van der Waals surface area contributed by atoms with E-state index >= 15 is 0 Å². The zero-order chi connectivity index (χ0) is 14.7. The maximum absolute atomic E-state index is 5.74. The fraction of sp³-hybridized carbons (Fsp3) is 0.333. The summed E-state index contributed by atoms with van der Waals surface area (Å²) in [6, 6.07) is 10.3. The molecule has 21 heavy (non-hydrogen) atoms. The number of oxime groups is 1. The summed E-state index contributed by atoms with van der Waals surface area (Å²) in [6.45, 7) is 2.44. The minimum absolute atomic E-state index is 0.00433. The molecule has 0 aliphatic carbocycles. The minimum Gasteiger partial charge on any atom is -0.468 e. The number of ether oxygens (including phenoxy) is 1. The molecule has 6 heteroatoms. The lowest BCUT2D eigenvalue weighted by Gasteiger charge is -2.19. The van der Waals surface area contributed by atoms with E-state index in [2.05, 4.69) is 22.4 Å². The SMILES string of the molecule is CC1CON=C(c2cnn(C)c2SCc2ccccc2)O1. The van der Waals surface area contributed by atoms with Gasteiger partial charge >= 0.3 is 0 Å². The Balaban J connectivity index is 1.79. The lowest BCUT2D eigenvalue weighted by Crippen LogP contribution is -2.25. The van der Waals surface area contributed by atoms with Gasteiger partial charge in [-0.2, -0.15) is 5.10 Å². The predicted molar refractivity (Wildman–Crippen MR) is 82.2 cm³/mol. The van der Waals surface area contributed by atoms with Crippen LogP contribution in [0.5, 0.6) is 0 Å². The third-order valence-electron chi connectivity index (χ3n) is 3.10. The molecule has 2 aromatic rings. The van der Waals surface area contributed by atoms with E-state index in [1.807, 2.05) is 36.9 Å². The molecule has 1 aliphatic heterocycles. The zero-order valence-corrected chi connectivity index (χ0v) is 12.8. The van der Waals surface area contributed by atoms with Gasteiger partial charge < -0.3 is 9.57 Å². The molecule has 2 heterocycles. The molecule has 0 radical (unpaired) electrons. The zero-order valence-electron chi connectivity index (χ0n) is 12.0. The second kappa shape index (κ2) is 6.22. The van der Waals surface area contributed by atoms with Crippen molar-refractivity contribution in [3.8, 4) is 0 Å². The van der Waals surface area contributed by atoms with Crippen molar-refractivity contribution in [2.75, 3.05) is 6.61 Å². The van der Waals surface area contributed by atoms with Gasteiger partial charge in [-0.15, -0.1) is 11.8 Å². The van der Waals surface area contributed by atoms with E-state index in [1.165, 1.54) is 5.56 Å². The first kappa shape index (κ1) is 14.0. The average Bonchev–Trinajstić information content (AvgIpc) is 2.87. The third kappa shape index (κ3) is 3.21. The van der Waals surface area contributed by atoms with E-state index < -0.39 is 0 Å². The van der Waals surface area contributed by atoms with Gasteiger partial charge in [0.15, 0.2) is 6.61 Å². The normalized spacial score (nSPS) is 17.8. The van der Waals surface area contributed by atoms with E-state index in [0.29, 0.717) is 12.5 Å². The Hall–Kier alpha value is -1.95. The summed E-state index contributed by atoms with van der Waals surface area (Å²) in [5.74, 6) is 1.38. The quantitative estimate of drug-likeness (QED) is 0.815. The summed E-state index contributed by atoms with van der Waals surface area (Å²) >= 11 is 1.71. The highest BCUT2D eigenvalue weighted by atomic mass is 32.2. The van der Waals surface area contributed by atoms with Gasteiger partial charge in [-0.3, -0.25) is 4.68 Å². The molecule has 0 amide bonds. The van der Waals surface area contributed by atoms with Crippen LogP contribution < -0.4 is 0 Å². The van der Waals surface area contributed by atoms with Crippen LogP contribution in [-0.4, -0.2) is 28.4 Å². The molecule has 1 aliphatic rings. The fourth-order valence-corrected chi connectivity index (χ4v) is 3.06. The molecule has 0 spiro atoms. The lowest BCUT2D eigenvalue weighted by atomic mass is 10.2. The number of thioether (sulfide) groups is 1. The molecule has 1 aromatic heterocycles. The highest BCUT2D eigenvalue weighted by Gasteiger charge is 2.22. The van der Waals surface area contributed by atoms with Crippen molar-refractivity contribution in [3.63, 3.8) is 0 Å². The van der Waals surface area contributed by atoms with Gasteiger partial charge in [0.1, 0.15) is 11.1 Å². The molecule has 5 nitrogen and oxygen atoms in total. The predicted octanol–water partition coefficient (Wildman–Crippen LogP) is 2.81. The van der Waals surface area contributed by atoms with Crippen LogP contribution in [0.4, 0.5) is 0 Å². The maximum Gasteiger partial charge on any atom is 0.262 e. The van der Waals surface area contributed by atoms with Crippen molar-refractivity contribution in [1.82, 2.24) is 9.78 Å². The van der Waals surface area contributed by atoms with Crippen LogP contribution in [-0.2, 0) is 22.4 Å². The van der Waals surface area contributed by atoms with Gasteiger partial charge in [0, 0.05) is 12.8 Å². The number of hydrogen-bond donors (Lipinski definition) is 0. The van der Waals surface area contributed by atoms with E-state index in [0.717, 1.165) is 16.3 Å². The molecule has 3 rings (SSSR count). The lowest BCUT2D eigenvalue weighted by molar-refractivity contribution is 0.0194. The highest BCUT2D eigenvalue weighted by Crippen LogP contribution is 2.27. The van der Waals surface area contributed by atoms with Crippen LogP contribution in [0.1, 0.15) is 18.1 Å². The number of benzene rings is 1. The first-order valence-corrected chi connectivity index (χ1v) is 7.78. The molecule has 1 atom stereocenters. The molecule has 0 fully saturated rings. The standard InChI is InChI=1S/C15H17N3O2S/c1-11-9-19-17-14(20-11)13-8-16-18(2)15(13)21-10-12-6-4-3-5-7-12/h3-8,11H,9-10H2,1-2H3. The summed E-state index contributed by atoms with van der Waals surface area (Å²) in [5, 5.41) is 9.34. The Morgan fingerprint density at radius 2 is 2.14 bits per heavy atom. The van der Waals surface area contributed by atoms with E-state index in [4.69, 9.17) is 9.57 Å². The molecule has 0 saturated carbocycles. The third-order valence-corrected chi connectivity index (χ3v) is 4.34. The molecular formula is C15H17N3O2S. The summed E-state index contributed by atoms with van der Waals surface area (Å²) in [5.41, 5.74) is 2.15. The van der Waals surface area contributed by atoms with E-state index in [-0.39, 0.29) is 6.10 Å². The van der Waals surface area contributed by atoms with Crippen molar-refractivity contribution in [1.29, 1.82) is 0 Å². The van der Waals surface area contributed by atoms with Crippen molar-refractivity contribution < 1.29 is 9.57 Å². The van der Waals surface area contributed by atoms with Crippen LogP contribution in [0.15, 0.2) is 46.7 Å². The van der Waals surface area contributed by atoms with Gasteiger partial charge in [0.05, 0.1) is 11.8 Å². The second-order valence-corrected chi connectivity index (χ2v) is 5.85. The molecule has 1 unspecified atom stereocenters. The average molecular weight is 303 g/mol. The number of hydrogen-bond acceptors (Lipinski definition) is 5. The number of nitrogens with zero attached hydrogens (tertiary/aromatic N) is 3. The smallest absolute Gasteiger partial charge is 0.262 e. The topological polar surface area (TPSA) is 48.6 Å². The molecular weight excluding hydrogens is 286 g/mol. The molecule has 110 valence electrons. The Morgan fingerprint density at radius 1 is 1.33 bits per heavy atom. The monoisotopic (exact) mass is 303 g/mol. The Kier molecular flexibility index (Phi) is 4.15. The van der Waals surface area contributed by atoms with Crippen molar-refractivity contribution in [3.05, 3.63) is 47.7 Å². The van der Waals surface area contributed by atoms with Gasteiger partial charge in [-0.1, -0.05) is 30.3 Å². The van der Waals surface area contributed by atoms with Gasteiger partial charge in [0.2, 0.25) is 0 Å². The van der Waals surface area contributed by atoms with Crippen LogP contribution >= 0.6 is 11.8 Å². The van der Waals surface area contributed by atoms with Gasteiger partial charge in [-0.05, 0) is 17.6 Å². The molecule has 0 bridgehead atoms. The summed E-state index contributed by atoms with van der Waals surface area (Å²) in [4.78, 5) is 5.19. The number of aromatic nitrogens is 2. The Bertz CT molecular complexity index is 640. The Morgan fingerprint density at radius 3 is 2.90 bits per heavy atom. The summed E-state index contributed by atoms with van der Waals surface area (Å²) < 4.78 is 7.58. The first-order chi connectivity index (χ1) is 10.2. The second-order valence-electron chi connectivity index (χ2n) is 4.88. The van der Waals surface area contributed by atoms with Crippen molar-refractivity contribution in [2.45, 2.75) is 23.8 Å². The van der Waals surface area contributed by atoms with E-state index in [1.54, 1.807) is 18.0 Å². The summed E-state index contributed by atoms with van der Waals surface area (Å²) in [7, 11) is 1.92. The number of aryl methyl sites for hydroxylation is 1. The molecule has 0 N–H and O–H groups in total. The highest BCUT2D eigenvalue weighted by molar-refractivity contribution is 7.98. The Labute approximate surface area is 127 Å². The molecule has 1 aromatic carbocycles. The molecule has 0 saturated heterocycles. The minimum atomic E-state index is 0.00433. The van der Waals surface area contributed by atoms with Crippen LogP contribution in [0.25, 0.3) is 0 Å². The summed E-state index contributed by atoms with van der Waals surface area (Å²) in [6.07, 6.45) is 1.78. The maximum atomic E-state index is 5.74. The number of rotatable bonds is 4. The fourth-order valence-electron chi connectivity index (χ4n) is 2.03. The van der Waals surface area contributed by atoms with E-state index in [9.17, 15) is 0 Å². The van der Waals surface area contributed by atoms with Crippen molar-refractivity contribution in [2.24, 2.45) is 12.2 Å². The van der Waals surface area contributed by atoms with Crippen LogP contribution in [0.2, 0.25) is 0 Å². The van der Waals surface area contributed by atoms with Gasteiger partial charge in [-0.25, -0.2) is 0 Å². The van der Waals surface area contributed by atoms with Crippen molar-refractivity contribution >= 4 is 17.7 Å². The first-order valence-electron chi connectivity index (χ1n) is 6.80. The largest absolute Gasteiger partial charge is 0.468 e. The van der Waals surface area contributed by atoms with Crippen LogP contribution in [0, 0.1) is 0 Å². The van der Waals surface area contributed by atoms with Crippen LogP contribution in [0.3, 0.4) is 0 Å². The van der Waals surface area contributed by atoms with Gasteiger partial charge in [0.25, 0.3) is 5.90 Å².